The maximum absolute atomic E-state index is 13.8. The van der Waals surface area contributed by atoms with Gasteiger partial charge in [-0.3, -0.25) is 4.79 Å². The molecule has 1 unspecified atom stereocenters. The number of carbonyl (C=O) groups is 2. The highest BCUT2D eigenvalue weighted by Crippen LogP contribution is 2.36. The molecule has 1 aliphatic heterocycles. The first-order valence-electron chi connectivity index (χ1n) is 11.3. The lowest BCUT2D eigenvalue weighted by molar-refractivity contribution is -0.147. The van der Waals surface area contributed by atoms with Crippen LogP contribution in [0.15, 0.2) is 23.1 Å². The van der Waals surface area contributed by atoms with Gasteiger partial charge in [0.15, 0.2) is 0 Å². The highest BCUT2D eigenvalue weighted by Gasteiger charge is 2.37. The largest absolute Gasteiger partial charge is 0.464 e. The van der Waals surface area contributed by atoms with Crippen molar-refractivity contribution >= 4 is 17.6 Å². The molecule has 0 spiro atoms. The quantitative estimate of drug-likeness (QED) is 0.527. The van der Waals surface area contributed by atoms with Gasteiger partial charge in [-0.05, 0) is 52.0 Å². The molecule has 34 heavy (non-hydrogen) atoms. The monoisotopic (exact) mass is 486 g/mol. The smallest absolute Gasteiger partial charge is 0.417 e. The summed E-state index contributed by atoms with van der Waals surface area (Å²) in [5.74, 6) is -0.680. The Labute approximate surface area is 197 Å². The number of pyridine rings is 1. The van der Waals surface area contributed by atoms with Crippen LogP contribution in [0.5, 0.6) is 0 Å². The average Bonchev–Trinajstić information content (AvgIpc) is 2.70. The average molecular weight is 487 g/mol. The zero-order valence-corrected chi connectivity index (χ0v) is 20.5. The molecule has 0 aromatic carbocycles. The number of esters is 1. The Morgan fingerprint density at radius 1 is 1.18 bits per heavy atom. The summed E-state index contributed by atoms with van der Waals surface area (Å²) in [6.45, 7) is 10.8. The lowest BCUT2D eigenvalue weighted by Crippen LogP contribution is -2.39. The lowest BCUT2D eigenvalue weighted by atomic mass is 9.95. The Kier molecular flexibility index (Phi) is 8.60. The van der Waals surface area contributed by atoms with Gasteiger partial charge < -0.3 is 18.9 Å². The predicted molar refractivity (Wildman–Crippen MR) is 121 cm³/mol. The number of carbonyl (C=O) groups excluding carboxylic acids is 2. The molecule has 2 heterocycles. The van der Waals surface area contributed by atoms with Gasteiger partial charge in [0.05, 0.1) is 12.2 Å². The molecule has 0 fully saturated rings. The van der Waals surface area contributed by atoms with Crippen LogP contribution in [-0.4, -0.2) is 46.8 Å². The highest BCUT2D eigenvalue weighted by molar-refractivity contribution is 5.76. The molecule has 0 radical (unpaired) electrons. The number of halogens is 3. The van der Waals surface area contributed by atoms with Crippen molar-refractivity contribution in [3.63, 3.8) is 0 Å². The van der Waals surface area contributed by atoms with Gasteiger partial charge in [0, 0.05) is 30.9 Å². The molecule has 0 saturated heterocycles. The summed E-state index contributed by atoms with van der Waals surface area (Å²) < 4.78 is 53.0. The zero-order valence-electron chi connectivity index (χ0n) is 20.5. The molecule has 1 aromatic heterocycles. The highest BCUT2D eigenvalue weighted by atomic mass is 19.4. The summed E-state index contributed by atoms with van der Waals surface area (Å²) in [6.07, 6.45) is -2.33. The van der Waals surface area contributed by atoms with E-state index in [9.17, 15) is 27.6 Å². The van der Waals surface area contributed by atoms with Crippen molar-refractivity contribution < 1.29 is 32.2 Å². The first-order valence-corrected chi connectivity index (χ1v) is 11.3. The summed E-state index contributed by atoms with van der Waals surface area (Å²) in [5, 5.41) is 0. The van der Waals surface area contributed by atoms with E-state index in [-0.39, 0.29) is 44.0 Å². The van der Waals surface area contributed by atoms with E-state index >= 15 is 0 Å². The van der Waals surface area contributed by atoms with Crippen molar-refractivity contribution in [1.29, 1.82) is 0 Å². The number of ether oxygens (including phenoxy) is 2. The Morgan fingerprint density at radius 2 is 1.82 bits per heavy atom. The van der Waals surface area contributed by atoms with Crippen molar-refractivity contribution in [1.82, 2.24) is 9.47 Å². The molecule has 1 aliphatic rings. The van der Waals surface area contributed by atoms with Crippen LogP contribution in [-0.2, 0) is 20.4 Å². The van der Waals surface area contributed by atoms with E-state index in [1.807, 2.05) is 13.8 Å². The van der Waals surface area contributed by atoms with Crippen LogP contribution < -0.4 is 5.56 Å². The summed E-state index contributed by atoms with van der Waals surface area (Å²) in [7, 11) is 0. The van der Waals surface area contributed by atoms with Crippen LogP contribution in [0.2, 0.25) is 0 Å². The first-order chi connectivity index (χ1) is 15.6. The zero-order chi connectivity index (χ0) is 25.8. The third-order valence-corrected chi connectivity index (χ3v) is 5.18. The summed E-state index contributed by atoms with van der Waals surface area (Å²) in [5.41, 5.74) is -2.54. The lowest BCUT2D eigenvalue weighted by Gasteiger charge is -2.30. The fourth-order valence-corrected chi connectivity index (χ4v) is 3.70. The van der Waals surface area contributed by atoms with Crippen molar-refractivity contribution in [2.24, 2.45) is 5.92 Å². The SMILES string of the molecule is CCOC(=O)C(CC(C)C)n1cc(C2=CCN(C(=O)OC(C)(C)C)CC2)c(C(F)(F)F)cc1=O. The molecule has 190 valence electrons. The van der Waals surface area contributed by atoms with E-state index in [2.05, 4.69) is 0 Å². The maximum Gasteiger partial charge on any atom is 0.417 e. The minimum absolute atomic E-state index is 0.0108. The normalized spacial score (nSPS) is 15.7. The molecule has 1 amide bonds. The van der Waals surface area contributed by atoms with Gasteiger partial charge in [-0.2, -0.15) is 13.2 Å². The first kappa shape index (κ1) is 27.5. The van der Waals surface area contributed by atoms with Gasteiger partial charge in [0.25, 0.3) is 5.56 Å². The second kappa shape index (κ2) is 10.7. The van der Waals surface area contributed by atoms with E-state index in [4.69, 9.17) is 9.47 Å². The van der Waals surface area contributed by atoms with Crippen LogP contribution in [0.4, 0.5) is 18.0 Å². The minimum atomic E-state index is -4.77. The third-order valence-electron chi connectivity index (χ3n) is 5.18. The van der Waals surface area contributed by atoms with Crippen LogP contribution in [0.1, 0.15) is 71.6 Å². The van der Waals surface area contributed by atoms with Gasteiger partial charge in [-0.25, -0.2) is 9.59 Å². The van der Waals surface area contributed by atoms with Gasteiger partial charge >= 0.3 is 18.2 Å². The molecule has 0 bridgehead atoms. The molecule has 0 aliphatic carbocycles. The Balaban J connectivity index is 2.51. The van der Waals surface area contributed by atoms with Crippen molar-refractivity contribution in [2.75, 3.05) is 19.7 Å². The Bertz CT molecular complexity index is 990. The van der Waals surface area contributed by atoms with Gasteiger partial charge in [0.1, 0.15) is 11.6 Å². The van der Waals surface area contributed by atoms with Crippen molar-refractivity contribution in [3.8, 4) is 0 Å². The van der Waals surface area contributed by atoms with Crippen molar-refractivity contribution in [2.45, 2.75) is 72.2 Å². The Hall–Kier alpha value is -2.78. The molecule has 7 nitrogen and oxygen atoms in total. The molecule has 0 saturated carbocycles. The van der Waals surface area contributed by atoms with E-state index in [1.54, 1.807) is 27.7 Å². The molecule has 0 N–H and O–H groups in total. The van der Waals surface area contributed by atoms with Gasteiger partial charge in [-0.15, -0.1) is 0 Å². The van der Waals surface area contributed by atoms with Gasteiger partial charge in [-0.1, -0.05) is 19.9 Å². The Morgan fingerprint density at radius 3 is 2.29 bits per heavy atom. The molecule has 1 atom stereocenters. The second-order valence-electron chi connectivity index (χ2n) is 9.65. The second-order valence-corrected chi connectivity index (χ2v) is 9.65. The molecular formula is C24H33F3N2O5. The van der Waals surface area contributed by atoms with E-state index in [0.717, 1.165) is 10.8 Å². The van der Waals surface area contributed by atoms with Crippen LogP contribution in [0, 0.1) is 5.92 Å². The molecule has 1 aromatic rings. The van der Waals surface area contributed by atoms with Crippen molar-refractivity contribution in [3.05, 3.63) is 39.8 Å². The fraction of sp³-hybridized carbons (Fsp3) is 0.625. The number of alkyl halides is 3. The van der Waals surface area contributed by atoms with E-state index in [0.29, 0.717) is 11.6 Å². The number of amides is 1. The third kappa shape index (κ3) is 7.11. The number of hydrogen-bond acceptors (Lipinski definition) is 5. The summed E-state index contributed by atoms with van der Waals surface area (Å²) in [4.78, 5) is 39.0. The van der Waals surface area contributed by atoms with E-state index < -0.39 is 41.0 Å². The minimum Gasteiger partial charge on any atom is -0.464 e. The topological polar surface area (TPSA) is 77.8 Å². The summed E-state index contributed by atoms with van der Waals surface area (Å²) >= 11 is 0. The van der Waals surface area contributed by atoms with Crippen LogP contribution in [0.3, 0.4) is 0 Å². The van der Waals surface area contributed by atoms with Crippen LogP contribution in [0.25, 0.3) is 5.57 Å². The number of hydrogen-bond donors (Lipinski definition) is 0. The number of aromatic nitrogens is 1. The predicted octanol–water partition coefficient (Wildman–Crippen LogP) is 5.04. The maximum atomic E-state index is 13.8. The summed E-state index contributed by atoms with van der Waals surface area (Å²) in [6, 6.07) is -0.515. The molecule has 10 heteroatoms. The molecular weight excluding hydrogens is 453 g/mol. The number of nitrogens with zero attached hydrogens (tertiary/aromatic N) is 2. The standard InChI is InChI=1S/C24H33F3N2O5/c1-7-33-21(31)19(12-15(2)3)29-14-17(18(13-20(29)30)24(25,26)27)16-8-10-28(11-9-16)22(32)34-23(4,5)6/h8,13-15,19H,7,9-12H2,1-6H3. The van der Waals surface area contributed by atoms with Gasteiger partial charge in [0.2, 0.25) is 0 Å². The van der Waals surface area contributed by atoms with Crippen LogP contribution >= 0.6 is 0 Å². The molecule has 2 rings (SSSR count). The fourth-order valence-electron chi connectivity index (χ4n) is 3.70. The number of rotatable bonds is 6. The van der Waals surface area contributed by atoms with E-state index in [1.165, 1.54) is 11.0 Å².